The number of benzene rings is 2. The summed E-state index contributed by atoms with van der Waals surface area (Å²) in [6.07, 6.45) is 2.25. The Balaban J connectivity index is 1.57. The molecule has 0 fully saturated rings. The van der Waals surface area contributed by atoms with Gasteiger partial charge in [0.05, 0.1) is 28.2 Å². The van der Waals surface area contributed by atoms with Crippen LogP contribution in [0.2, 0.25) is 5.02 Å². The van der Waals surface area contributed by atoms with Crippen molar-refractivity contribution in [3.8, 4) is 11.5 Å². The highest BCUT2D eigenvalue weighted by Gasteiger charge is 2.25. The van der Waals surface area contributed by atoms with Gasteiger partial charge in [-0.2, -0.15) is 0 Å². The number of anilines is 2. The van der Waals surface area contributed by atoms with Crippen molar-refractivity contribution in [2.24, 2.45) is 0 Å². The Morgan fingerprint density at radius 2 is 1.92 bits per heavy atom. The first-order valence-electron chi connectivity index (χ1n) is 12.0. The van der Waals surface area contributed by atoms with Gasteiger partial charge < -0.3 is 29.9 Å². The molecule has 38 heavy (non-hydrogen) atoms. The molecule has 0 aliphatic heterocycles. The zero-order valence-electron chi connectivity index (χ0n) is 20.7. The van der Waals surface area contributed by atoms with Gasteiger partial charge in [0.15, 0.2) is 6.10 Å². The van der Waals surface area contributed by atoms with Crippen LogP contribution in [0.1, 0.15) is 12.1 Å². The third-order valence-electron chi connectivity index (χ3n) is 5.67. The van der Waals surface area contributed by atoms with Gasteiger partial charge in [-0.25, -0.2) is 9.97 Å². The molecular weight excluding hydrogens is 510 g/mol. The van der Waals surface area contributed by atoms with Gasteiger partial charge >= 0.3 is 0 Å². The summed E-state index contributed by atoms with van der Waals surface area (Å²) in [7, 11) is 1.57. The Morgan fingerprint density at radius 1 is 1.05 bits per heavy atom. The van der Waals surface area contributed by atoms with Crippen molar-refractivity contribution in [3.63, 3.8) is 0 Å². The molecule has 0 saturated carbocycles. The van der Waals surface area contributed by atoms with E-state index in [2.05, 4.69) is 20.3 Å². The molecule has 0 spiro atoms. The van der Waals surface area contributed by atoms with Crippen LogP contribution < -0.4 is 14.8 Å². The van der Waals surface area contributed by atoms with Crippen LogP contribution in [0.15, 0.2) is 67.1 Å². The fourth-order valence-electron chi connectivity index (χ4n) is 3.75. The Kier molecular flexibility index (Phi) is 9.26. The van der Waals surface area contributed by atoms with E-state index in [1.807, 2.05) is 18.2 Å². The number of halogens is 1. The van der Waals surface area contributed by atoms with Crippen LogP contribution in [0, 0.1) is 0 Å². The topological polar surface area (TPSA) is 130 Å². The maximum Gasteiger partial charge on any atom is 0.263 e. The Labute approximate surface area is 224 Å². The number of amides is 1. The molecule has 0 saturated heterocycles. The van der Waals surface area contributed by atoms with E-state index in [0.29, 0.717) is 38.9 Å². The minimum atomic E-state index is -0.958. The first-order valence-corrected chi connectivity index (χ1v) is 12.3. The number of carbonyl (C=O) groups is 1. The number of fused-ring (bicyclic) bond motifs is 1. The molecule has 4 rings (SSSR count). The lowest BCUT2D eigenvalue weighted by molar-refractivity contribution is -0.138. The predicted molar refractivity (Wildman–Crippen MR) is 144 cm³/mol. The summed E-state index contributed by atoms with van der Waals surface area (Å²) >= 11 is 6.48. The molecule has 3 N–H and O–H groups in total. The molecule has 0 bridgehead atoms. The van der Waals surface area contributed by atoms with Crippen LogP contribution in [0.25, 0.3) is 10.9 Å². The highest BCUT2D eigenvalue weighted by Crippen LogP contribution is 2.34. The normalized spacial score (nSPS) is 11.7. The second-order valence-corrected chi connectivity index (χ2v) is 8.76. The van der Waals surface area contributed by atoms with Crippen molar-refractivity contribution < 1.29 is 24.5 Å². The molecular formula is C27H28ClN5O5. The van der Waals surface area contributed by atoms with E-state index in [1.165, 1.54) is 11.2 Å². The molecule has 2 aromatic carbocycles. The number of hydrogen-bond donors (Lipinski definition) is 3. The molecule has 0 radical (unpaired) electrons. The SMILES string of the molecule is CN(CCO)C(=O)[C@@H](CCO)Oc1cccc2ncnc(Nc3ccc(OCc4ccccn4)c(Cl)c3)c12. The molecule has 0 aliphatic carbocycles. The van der Waals surface area contributed by atoms with Gasteiger partial charge in [-0.15, -0.1) is 0 Å². The Morgan fingerprint density at radius 3 is 2.66 bits per heavy atom. The molecule has 2 heterocycles. The lowest BCUT2D eigenvalue weighted by Crippen LogP contribution is -2.41. The third-order valence-corrected chi connectivity index (χ3v) is 5.96. The number of nitrogens with one attached hydrogen (secondary N) is 1. The average Bonchev–Trinajstić information content (AvgIpc) is 2.93. The van der Waals surface area contributed by atoms with E-state index in [4.69, 9.17) is 21.1 Å². The summed E-state index contributed by atoms with van der Waals surface area (Å²) in [5.74, 6) is 0.972. The minimum absolute atomic E-state index is 0.0804. The molecule has 0 unspecified atom stereocenters. The second kappa shape index (κ2) is 13.0. The van der Waals surface area contributed by atoms with Gasteiger partial charge in [0.1, 0.15) is 30.3 Å². The van der Waals surface area contributed by atoms with Gasteiger partial charge in [0.25, 0.3) is 5.91 Å². The van der Waals surface area contributed by atoms with E-state index in [-0.39, 0.29) is 38.7 Å². The number of carbonyl (C=O) groups excluding carboxylic acids is 1. The number of rotatable bonds is 12. The van der Waals surface area contributed by atoms with Crippen LogP contribution in [-0.2, 0) is 11.4 Å². The molecule has 1 amide bonds. The van der Waals surface area contributed by atoms with E-state index in [1.54, 1.807) is 49.6 Å². The quantitative estimate of drug-likeness (QED) is 0.248. The summed E-state index contributed by atoms with van der Waals surface area (Å²) in [6.45, 7) is 0.00645. The minimum Gasteiger partial charge on any atom is -0.486 e. The van der Waals surface area contributed by atoms with Crippen LogP contribution in [0.3, 0.4) is 0 Å². The summed E-state index contributed by atoms with van der Waals surface area (Å²) in [6, 6.07) is 16.1. The van der Waals surface area contributed by atoms with Gasteiger partial charge in [-0.1, -0.05) is 23.7 Å². The first kappa shape index (κ1) is 27.1. The number of aliphatic hydroxyl groups is 2. The monoisotopic (exact) mass is 537 g/mol. The summed E-state index contributed by atoms with van der Waals surface area (Å²) < 4.78 is 11.9. The summed E-state index contributed by atoms with van der Waals surface area (Å²) in [4.78, 5) is 27.2. The zero-order valence-corrected chi connectivity index (χ0v) is 21.5. The molecule has 11 heteroatoms. The highest BCUT2D eigenvalue weighted by molar-refractivity contribution is 6.32. The third kappa shape index (κ3) is 6.65. The fourth-order valence-corrected chi connectivity index (χ4v) is 3.98. The summed E-state index contributed by atoms with van der Waals surface area (Å²) in [5, 5.41) is 22.9. The predicted octanol–water partition coefficient (Wildman–Crippen LogP) is 3.58. The number of aromatic nitrogens is 3. The standard InChI is InChI=1S/C27H28ClN5O5/c1-33(12-14-35)27(36)24(10-13-34)38-23-7-4-6-21-25(23)26(31-17-30-21)32-18-8-9-22(20(28)15-18)37-16-19-5-2-3-11-29-19/h2-9,11,15,17,24,34-35H,10,12-14,16H2,1H3,(H,30,31,32)/t24-/m1/s1. The summed E-state index contributed by atoms with van der Waals surface area (Å²) in [5.41, 5.74) is 2.03. The maximum absolute atomic E-state index is 12.9. The van der Waals surface area contributed by atoms with E-state index >= 15 is 0 Å². The molecule has 2 aromatic heterocycles. The van der Waals surface area contributed by atoms with Crippen molar-refractivity contribution in [1.29, 1.82) is 0 Å². The smallest absolute Gasteiger partial charge is 0.263 e. The number of likely N-dealkylation sites (N-methyl/N-ethyl adjacent to an activating group) is 1. The van der Waals surface area contributed by atoms with E-state index < -0.39 is 6.10 Å². The van der Waals surface area contributed by atoms with Crippen LogP contribution >= 0.6 is 11.6 Å². The van der Waals surface area contributed by atoms with Gasteiger partial charge in [-0.3, -0.25) is 9.78 Å². The Bertz CT molecular complexity index is 1370. The number of pyridine rings is 1. The lowest BCUT2D eigenvalue weighted by atomic mass is 10.2. The van der Waals surface area contributed by atoms with Crippen molar-refractivity contribution in [3.05, 3.63) is 77.8 Å². The lowest BCUT2D eigenvalue weighted by Gasteiger charge is -2.24. The van der Waals surface area contributed by atoms with Crippen molar-refractivity contribution >= 4 is 39.9 Å². The molecule has 4 aromatic rings. The van der Waals surface area contributed by atoms with Gasteiger partial charge in [0, 0.05) is 38.5 Å². The van der Waals surface area contributed by atoms with E-state index in [9.17, 15) is 15.0 Å². The highest BCUT2D eigenvalue weighted by atomic mass is 35.5. The molecule has 1 atom stereocenters. The molecule has 198 valence electrons. The zero-order chi connectivity index (χ0) is 26.9. The van der Waals surface area contributed by atoms with Crippen molar-refractivity contribution in [1.82, 2.24) is 19.9 Å². The Hall–Kier alpha value is -3.99. The average molecular weight is 538 g/mol. The van der Waals surface area contributed by atoms with Crippen LogP contribution in [0.4, 0.5) is 11.5 Å². The number of ether oxygens (including phenoxy) is 2. The largest absolute Gasteiger partial charge is 0.486 e. The van der Waals surface area contributed by atoms with Crippen LogP contribution in [-0.4, -0.2) is 68.9 Å². The number of hydrogen-bond acceptors (Lipinski definition) is 9. The molecule has 0 aliphatic rings. The van der Waals surface area contributed by atoms with Crippen LogP contribution in [0.5, 0.6) is 11.5 Å². The fraction of sp³-hybridized carbons (Fsp3) is 0.259. The van der Waals surface area contributed by atoms with Gasteiger partial charge in [-0.05, 0) is 42.5 Å². The van der Waals surface area contributed by atoms with Gasteiger partial charge in [0.2, 0.25) is 0 Å². The molecule has 10 nitrogen and oxygen atoms in total. The van der Waals surface area contributed by atoms with Crippen molar-refractivity contribution in [2.75, 3.05) is 32.1 Å². The van der Waals surface area contributed by atoms with E-state index in [0.717, 1.165) is 5.69 Å². The number of nitrogens with zero attached hydrogens (tertiary/aromatic N) is 4. The first-order chi connectivity index (χ1) is 18.5. The number of aliphatic hydroxyl groups excluding tert-OH is 2. The second-order valence-electron chi connectivity index (χ2n) is 8.35. The maximum atomic E-state index is 12.9. The van der Waals surface area contributed by atoms with Crippen molar-refractivity contribution in [2.45, 2.75) is 19.1 Å².